The van der Waals surface area contributed by atoms with Gasteiger partial charge in [-0.15, -0.1) is 0 Å². The molecule has 1 fully saturated rings. The van der Waals surface area contributed by atoms with Crippen molar-refractivity contribution in [3.05, 3.63) is 60.0 Å². The van der Waals surface area contributed by atoms with E-state index in [0.29, 0.717) is 12.5 Å². The average Bonchev–Trinajstić information content (AvgIpc) is 3.53. The fourth-order valence-corrected chi connectivity index (χ4v) is 3.86. The van der Waals surface area contributed by atoms with Crippen molar-refractivity contribution in [2.24, 2.45) is 11.7 Å². The second-order valence-electron chi connectivity index (χ2n) is 8.13. The lowest BCUT2D eigenvalue weighted by molar-refractivity contribution is 0.414. The molecular formula is C24H26N6O. The molecule has 0 unspecified atom stereocenters. The lowest BCUT2D eigenvalue weighted by Gasteiger charge is -2.26. The maximum absolute atomic E-state index is 5.94. The van der Waals surface area contributed by atoms with E-state index in [1.165, 1.54) is 12.8 Å². The third-order valence-electron chi connectivity index (χ3n) is 5.82. The highest BCUT2D eigenvalue weighted by atomic mass is 16.5. The monoisotopic (exact) mass is 414 g/mol. The van der Waals surface area contributed by atoms with Crippen molar-refractivity contribution in [2.75, 3.05) is 18.6 Å². The average molecular weight is 415 g/mol. The number of anilines is 2. The van der Waals surface area contributed by atoms with Gasteiger partial charge in [0, 0.05) is 41.8 Å². The molecule has 4 aromatic rings. The van der Waals surface area contributed by atoms with Crippen LogP contribution in [0.4, 0.5) is 11.4 Å². The highest BCUT2D eigenvalue weighted by Gasteiger charge is 2.26. The number of aromatic nitrogens is 4. The molecule has 0 bridgehead atoms. The maximum atomic E-state index is 5.94. The maximum Gasteiger partial charge on any atom is 0.121 e. The summed E-state index contributed by atoms with van der Waals surface area (Å²) in [7, 11) is 1.69. The Kier molecular flexibility index (Phi) is 5.03. The first kappa shape index (κ1) is 19.5. The number of nitrogens with two attached hydrogens (primary N) is 1. The number of rotatable bonds is 7. The molecule has 0 saturated heterocycles. The van der Waals surface area contributed by atoms with Crippen molar-refractivity contribution in [1.29, 1.82) is 0 Å². The van der Waals surface area contributed by atoms with E-state index in [2.05, 4.69) is 44.3 Å². The smallest absolute Gasteiger partial charge is 0.121 e. The lowest BCUT2D eigenvalue weighted by Crippen LogP contribution is -2.20. The molecule has 7 heteroatoms. The molecular weight excluding hydrogens is 388 g/mol. The van der Waals surface area contributed by atoms with E-state index in [1.807, 2.05) is 19.1 Å². The molecule has 2 aromatic carbocycles. The molecule has 0 aliphatic heterocycles. The standard InChI is InChI=1S/C24H26N6O/c1-15-21(12-27-29-15)24-13-26-22-6-5-18(10-23(22)28-24)30(14-16-3-4-16)19-7-17(11-25)8-20(9-19)31-2/h5-10,12-13,16H,3-4,11,14,25H2,1-2H3,(H,27,29). The van der Waals surface area contributed by atoms with Gasteiger partial charge in [-0.2, -0.15) is 5.10 Å². The van der Waals surface area contributed by atoms with Crippen LogP contribution >= 0.6 is 0 Å². The molecule has 7 nitrogen and oxygen atoms in total. The first-order valence-corrected chi connectivity index (χ1v) is 10.6. The number of aryl methyl sites for hydroxylation is 1. The number of methoxy groups -OCH3 is 1. The van der Waals surface area contributed by atoms with Gasteiger partial charge >= 0.3 is 0 Å². The number of benzene rings is 2. The van der Waals surface area contributed by atoms with Gasteiger partial charge in [-0.3, -0.25) is 10.1 Å². The van der Waals surface area contributed by atoms with Crippen LogP contribution in [0.5, 0.6) is 5.75 Å². The van der Waals surface area contributed by atoms with Crippen LogP contribution < -0.4 is 15.4 Å². The molecule has 0 spiro atoms. The van der Waals surface area contributed by atoms with Gasteiger partial charge in [-0.05, 0) is 61.6 Å². The first-order valence-electron chi connectivity index (χ1n) is 10.6. The van der Waals surface area contributed by atoms with Crippen molar-refractivity contribution in [2.45, 2.75) is 26.3 Å². The first-order chi connectivity index (χ1) is 15.1. The number of nitrogens with zero attached hydrogens (tertiary/aromatic N) is 4. The number of aromatic amines is 1. The van der Waals surface area contributed by atoms with Gasteiger partial charge < -0.3 is 15.4 Å². The summed E-state index contributed by atoms with van der Waals surface area (Å²) in [5.74, 6) is 1.52. The summed E-state index contributed by atoms with van der Waals surface area (Å²) in [6, 6.07) is 12.5. The van der Waals surface area contributed by atoms with Gasteiger partial charge in [0.1, 0.15) is 5.75 Å². The van der Waals surface area contributed by atoms with Crippen molar-refractivity contribution in [1.82, 2.24) is 20.2 Å². The SMILES string of the molecule is COc1cc(CN)cc(N(CC2CC2)c2ccc3ncc(-c4cn[nH]c4C)nc3c2)c1. The van der Waals surface area contributed by atoms with Gasteiger partial charge in [0.25, 0.3) is 0 Å². The Labute approximate surface area is 181 Å². The van der Waals surface area contributed by atoms with Gasteiger partial charge in [0.15, 0.2) is 0 Å². The van der Waals surface area contributed by atoms with E-state index >= 15 is 0 Å². The zero-order valence-electron chi connectivity index (χ0n) is 17.8. The minimum absolute atomic E-state index is 0.470. The summed E-state index contributed by atoms with van der Waals surface area (Å²) in [5, 5.41) is 7.08. The summed E-state index contributed by atoms with van der Waals surface area (Å²) in [5.41, 5.74) is 13.7. The third-order valence-corrected chi connectivity index (χ3v) is 5.82. The highest BCUT2D eigenvalue weighted by molar-refractivity contribution is 5.83. The van der Waals surface area contributed by atoms with Crippen molar-refractivity contribution in [3.63, 3.8) is 0 Å². The second-order valence-corrected chi connectivity index (χ2v) is 8.13. The van der Waals surface area contributed by atoms with E-state index in [0.717, 1.165) is 57.2 Å². The highest BCUT2D eigenvalue weighted by Crippen LogP contribution is 2.37. The topological polar surface area (TPSA) is 93.0 Å². The van der Waals surface area contributed by atoms with E-state index in [-0.39, 0.29) is 0 Å². The predicted molar refractivity (Wildman–Crippen MR) is 122 cm³/mol. The normalized spacial score (nSPS) is 13.5. The van der Waals surface area contributed by atoms with Crippen LogP contribution in [0.2, 0.25) is 0 Å². The molecule has 0 atom stereocenters. The number of ether oxygens (including phenoxy) is 1. The Morgan fingerprint density at radius 1 is 1.10 bits per heavy atom. The summed E-state index contributed by atoms with van der Waals surface area (Å²) in [6.45, 7) is 3.41. The van der Waals surface area contributed by atoms with Crippen LogP contribution in [-0.2, 0) is 6.54 Å². The zero-order chi connectivity index (χ0) is 21.4. The molecule has 1 aliphatic rings. The summed E-state index contributed by atoms with van der Waals surface area (Å²) < 4.78 is 5.53. The van der Waals surface area contributed by atoms with Gasteiger partial charge in [0.2, 0.25) is 0 Å². The molecule has 158 valence electrons. The van der Waals surface area contributed by atoms with Gasteiger partial charge in [0.05, 0.1) is 36.2 Å². The molecule has 2 aromatic heterocycles. The fraction of sp³-hybridized carbons (Fsp3) is 0.292. The summed E-state index contributed by atoms with van der Waals surface area (Å²) >= 11 is 0. The van der Waals surface area contributed by atoms with Gasteiger partial charge in [-0.25, -0.2) is 4.98 Å². The Morgan fingerprint density at radius 3 is 2.68 bits per heavy atom. The van der Waals surface area contributed by atoms with E-state index in [4.69, 9.17) is 15.5 Å². The van der Waals surface area contributed by atoms with Crippen LogP contribution in [0.15, 0.2) is 48.8 Å². The molecule has 3 N–H and O–H groups in total. The van der Waals surface area contributed by atoms with Crippen molar-refractivity contribution < 1.29 is 4.74 Å². The Bertz CT molecular complexity index is 1210. The quantitative estimate of drug-likeness (QED) is 0.467. The Morgan fingerprint density at radius 2 is 1.97 bits per heavy atom. The summed E-state index contributed by atoms with van der Waals surface area (Å²) in [4.78, 5) is 11.8. The van der Waals surface area contributed by atoms with E-state index < -0.39 is 0 Å². The number of nitrogens with one attached hydrogen (secondary N) is 1. The van der Waals surface area contributed by atoms with Crippen LogP contribution in [0.25, 0.3) is 22.3 Å². The van der Waals surface area contributed by atoms with Crippen LogP contribution in [0.3, 0.4) is 0 Å². The van der Waals surface area contributed by atoms with Crippen molar-refractivity contribution >= 4 is 22.4 Å². The zero-order valence-corrected chi connectivity index (χ0v) is 17.8. The molecule has 5 rings (SSSR count). The molecule has 2 heterocycles. The van der Waals surface area contributed by atoms with Crippen LogP contribution in [-0.4, -0.2) is 33.8 Å². The molecule has 1 aliphatic carbocycles. The minimum Gasteiger partial charge on any atom is -0.497 e. The summed E-state index contributed by atoms with van der Waals surface area (Å²) in [6.07, 6.45) is 6.12. The van der Waals surface area contributed by atoms with E-state index in [1.54, 1.807) is 19.5 Å². The lowest BCUT2D eigenvalue weighted by atomic mass is 10.1. The molecule has 1 saturated carbocycles. The predicted octanol–water partition coefficient (Wildman–Crippen LogP) is 4.34. The molecule has 0 radical (unpaired) electrons. The minimum atomic E-state index is 0.470. The van der Waals surface area contributed by atoms with Crippen molar-refractivity contribution in [3.8, 4) is 17.0 Å². The molecule has 31 heavy (non-hydrogen) atoms. The van der Waals surface area contributed by atoms with Gasteiger partial charge in [-0.1, -0.05) is 0 Å². The Balaban J connectivity index is 1.59. The number of hydrogen-bond donors (Lipinski definition) is 2. The number of fused-ring (bicyclic) bond motifs is 1. The number of H-pyrrole nitrogens is 1. The third kappa shape index (κ3) is 3.96. The van der Waals surface area contributed by atoms with Crippen LogP contribution in [0, 0.1) is 12.8 Å². The fourth-order valence-electron chi connectivity index (χ4n) is 3.86. The Hall–Kier alpha value is -3.45. The van der Waals surface area contributed by atoms with Crippen LogP contribution in [0.1, 0.15) is 24.1 Å². The second kappa shape index (κ2) is 8.00. The largest absolute Gasteiger partial charge is 0.497 e. The van der Waals surface area contributed by atoms with E-state index in [9.17, 15) is 0 Å². The number of hydrogen-bond acceptors (Lipinski definition) is 6. The molecule has 0 amide bonds.